The molecule has 0 aliphatic carbocycles. The molecule has 1 aliphatic rings. The van der Waals surface area contributed by atoms with Crippen LogP contribution in [0.2, 0.25) is 0 Å². The highest BCUT2D eigenvalue weighted by Gasteiger charge is 2.23. The van der Waals surface area contributed by atoms with Crippen LogP contribution in [0.3, 0.4) is 0 Å². The summed E-state index contributed by atoms with van der Waals surface area (Å²) in [5.41, 5.74) is 1.28. The summed E-state index contributed by atoms with van der Waals surface area (Å²) in [5.74, 6) is 0.152. The minimum atomic E-state index is -0.562. The van der Waals surface area contributed by atoms with E-state index in [1.807, 2.05) is 52.0 Å². The van der Waals surface area contributed by atoms with Crippen molar-refractivity contribution in [2.45, 2.75) is 33.3 Å². The third kappa shape index (κ3) is 6.33. The zero-order valence-corrected chi connectivity index (χ0v) is 15.0. The van der Waals surface area contributed by atoms with E-state index in [1.165, 1.54) is 23.3 Å². The Hall–Kier alpha value is -2.76. The zero-order chi connectivity index (χ0) is 18.4. The second-order valence-corrected chi connectivity index (χ2v) is 6.74. The Morgan fingerprint density at radius 3 is 2.56 bits per heavy atom. The second-order valence-electron chi connectivity index (χ2n) is 6.74. The largest absolute Gasteiger partial charge is 0.490 e. The van der Waals surface area contributed by atoms with Gasteiger partial charge >= 0.3 is 6.09 Å². The van der Waals surface area contributed by atoms with Gasteiger partial charge in [0.25, 0.3) is 0 Å². The third-order valence-corrected chi connectivity index (χ3v) is 3.23. The van der Waals surface area contributed by atoms with E-state index in [0.29, 0.717) is 24.6 Å². The van der Waals surface area contributed by atoms with E-state index in [1.54, 1.807) is 0 Å². The fraction of sp³-hybridized carbons (Fsp3) is 0.368. The smallest absolute Gasteiger partial charge is 0.414 e. The maximum atomic E-state index is 12.1. The van der Waals surface area contributed by atoms with E-state index in [-0.39, 0.29) is 5.91 Å². The lowest BCUT2D eigenvalue weighted by Gasteiger charge is -2.28. The minimum absolute atomic E-state index is 0.275. The van der Waals surface area contributed by atoms with Crippen LogP contribution in [-0.4, -0.2) is 35.7 Å². The highest BCUT2D eigenvalue weighted by molar-refractivity contribution is 5.99. The Kier molecular flexibility index (Phi) is 5.85. The van der Waals surface area contributed by atoms with Gasteiger partial charge in [-0.15, -0.1) is 0 Å². The summed E-state index contributed by atoms with van der Waals surface area (Å²) in [7, 11) is 0. The average Bonchev–Trinajstić information content (AvgIpc) is 2.54. The summed E-state index contributed by atoms with van der Waals surface area (Å²) in [5, 5.41) is 2.76. The van der Waals surface area contributed by atoms with E-state index >= 15 is 0 Å². The molecule has 0 unspecified atom stereocenters. The highest BCUT2D eigenvalue weighted by Crippen LogP contribution is 2.15. The van der Waals surface area contributed by atoms with Crippen LogP contribution in [0.25, 0.3) is 0 Å². The van der Waals surface area contributed by atoms with Crippen molar-refractivity contribution in [2.24, 2.45) is 0 Å². The van der Waals surface area contributed by atoms with E-state index in [0.717, 1.165) is 5.56 Å². The lowest BCUT2D eigenvalue weighted by molar-refractivity contribution is -0.111. The Morgan fingerprint density at radius 1 is 1.24 bits per heavy atom. The SMILES string of the molecule is Cc1ccc(NC(=O)/C=C/C2=CN(C(=O)OC(C)(C)C)CCO2)cc1. The quantitative estimate of drug-likeness (QED) is 0.851. The number of carbonyl (C=O) groups excluding carboxylic acids is 2. The molecule has 2 rings (SSSR count). The number of hydrogen-bond donors (Lipinski definition) is 1. The monoisotopic (exact) mass is 344 g/mol. The van der Waals surface area contributed by atoms with Crippen molar-refractivity contribution in [3.05, 3.63) is 53.9 Å². The van der Waals surface area contributed by atoms with Crippen molar-refractivity contribution in [3.8, 4) is 0 Å². The van der Waals surface area contributed by atoms with Gasteiger partial charge in [0, 0.05) is 11.8 Å². The number of amides is 2. The van der Waals surface area contributed by atoms with E-state index in [4.69, 9.17) is 9.47 Å². The number of hydrogen-bond acceptors (Lipinski definition) is 4. The van der Waals surface area contributed by atoms with Crippen LogP contribution in [0, 0.1) is 6.92 Å². The number of allylic oxidation sites excluding steroid dienone is 1. The predicted octanol–water partition coefficient (Wildman–Crippen LogP) is 3.60. The van der Waals surface area contributed by atoms with Crippen molar-refractivity contribution in [2.75, 3.05) is 18.5 Å². The summed E-state index contributed by atoms with van der Waals surface area (Å²) in [6.45, 7) is 8.16. The highest BCUT2D eigenvalue weighted by atomic mass is 16.6. The third-order valence-electron chi connectivity index (χ3n) is 3.23. The van der Waals surface area contributed by atoms with Gasteiger partial charge < -0.3 is 14.8 Å². The van der Waals surface area contributed by atoms with Crippen molar-refractivity contribution in [1.29, 1.82) is 0 Å². The lowest BCUT2D eigenvalue weighted by Crippen LogP contribution is -2.37. The number of anilines is 1. The molecular weight excluding hydrogens is 320 g/mol. The van der Waals surface area contributed by atoms with Gasteiger partial charge in [-0.3, -0.25) is 9.69 Å². The molecule has 1 aromatic rings. The minimum Gasteiger partial charge on any atom is -0.490 e. The molecule has 1 heterocycles. The molecule has 0 bridgehead atoms. The molecule has 1 aliphatic heterocycles. The van der Waals surface area contributed by atoms with Gasteiger partial charge in [0.05, 0.1) is 12.7 Å². The first-order valence-electron chi connectivity index (χ1n) is 8.13. The average molecular weight is 344 g/mol. The molecule has 134 valence electrons. The van der Waals surface area contributed by atoms with Crippen LogP contribution >= 0.6 is 0 Å². The van der Waals surface area contributed by atoms with Crippen molar-refractivity contribution < 1.29 is 19.1 Å². The molecule has 0 saturated heterocycles. The molecule has 0 fully saturated rings. The van der Waals surface area contributed by atoms with Crippen molar-refractivity contribution in [1.82, 2.24) is 4.90 Å². The summed E-state index contributed by atoms with van der Waals surface area (Å²) in [4.78, 5) is 25.5. The molecule has 0 saturated carbocycles. The first kappa shape index (κ1) is 18.6. The molecule has 6 nitrogen and oxygen atoms in total. The fourth-order valence-electron chi connectivity index (χ4n) is 2.05. The molecule has 2 amide bonds. The summed E-state index contributed by atoms with van der Waals surface area (Å²) in [6.07, 6.45) is 3.99. The normalized spacial score (nSPS) is 14.7. The molecule has 6 heteroatoms. The molecule has 1 aromatic carbocycles. The Morgan fingerprint density at radius 2 is 1.92 bits per heavy atom. The summed E-state index contributed by atoms with van der Waals surface area (Å²) >= 11 is 0. The maximum Gasteiger partial charge on any atom is 0.414 e. The van der Waals surface area contributed by atoms with E-state index in [2.05, 4.69) is 5.32 Å². The number of aryl methyl sites for hydroxylation is 1. The lowest BCUT2D eigenvalue weighted by atomic mass is 10.2. The van der Waals surface area contributed by atoms with Crippen LogP contribution in [-0.2, 0) is 14.3 Å². The molecule has 0 aromatic heterocycles. The number of nitrogens with zero attached hydrogens (tertiary/aromatic N) is 1. The second kappa shape index (κ2) is 7.88. The molecular formula is C19H24N2O4. The first-order chi connectivity index (χ1) is 11.7. The van der Waals surface area contributed by atoms with Gasteiger partial charge in [0.15, 0.2) is 0 Å². The number of nitrogens with one attached hydrogen (secondary N) is 1. The standard InChI is InChI=1S/C19H24N2O4/c1-14-5-7-15(8-6-14)20-17(22)10-9-16-13-21(11-12-24-16)18(23)25-19(2,3)4/h5-10,13H,11-12H2,1-4H3,(H,20,22)/b10-9+. The van der Waals surface area contributed by atoms with Crippen LogP contribution in [0.15, 0.2) is 48.4 Å². The number of rotatable bonds is 3. The van der Waals surface area contributed by atoms with Gasteiger partial charge in [0.2, 0.25) is 5.91 Å². The Labute approximate surface area is 148 Å². The van der Waals surface area contributed by atoms with Gasteiger partial charge in [-0.25, -0.2) is 4.79 Å². The number of carbonyl (C=O) groups is 2. The predicted molar refractivity (Wildman–Crippen MR) is 95.9 cm³/mol. The molecule has 0 spiro atoms. The van der Waals surface area contributed by atoms with E-state index in [9.17, 15) is 9.59 Å². The first-order valence-corrected chi connectivity index (χ1v) is 8.13. The zero-order valence-electron chi connectivity index (χ0n) is 15.0. The van der Waals surface area contributed by atoms with Gasteiger partial charge in [-0.2, -0.15) is 0 Å². The number of ether oxygens (including phenoxy) is 2. The molecule has 0 radical (unpaired) electrons. The summed E-state index contributed by atoms with van der Waals surface area (Å²) < 4.78 is 10.8. The van der Waals surface area contributed by atoms with Gasteiger partial charge in [0.1, 0.15) is 18.0 Å². The van der Waals surface area contributed by atoms with Crippen LogP contribution in [0.1, 0.15) is 26.3 Å². The van der Waals surface area contributed by atoms with Crippen molar-refractivity contribution in [3.63, 3.8) is 0 Å². The molecule has 1 N–H and O–H groups in total. The molecule has 0 atom stereocenters. The van der Waals surface area contributed by atoms with Gasteiger partial charge in [-0.1, -0.05) is 17.7 Å². The van der Waals surface area contributed by atoms with Crippen LogP contribution in [0.5, 0.6) is 0 Å². The molecule has 25 heavy (non-hydrogen) atoms. The summed E-state index contributed by atoms with van der Waals surface area (Å²) in [6, 6.07) is 7.51. The number of benzene rings is 1. The maximum absolute atomic E-state index is 12.1. The van der Waals surface area contributed by atoms with Crippen LogP contribution < -0.4 is 5.32 Å². The van der Waals surface area contributed by atoms with Crippen LogP contribution in [0.4, 0.5) is 10.5 Å². The Bertz CT molecular complexity index is 684. The van der Waals surface area contributed by atoms with Gasteiger partial charge in [-0.05, 0) is 45.9 Å². The fourth-order valence-corrected chi connectivity index (χ4v) is 2.05. The van der Waals surface area contributed by atoms with E-state index < -0.39 is 11.7 Å². The van der Waals surface area contributed by atoms with Crippen molar-refractivity contribution >= 4 is 17.7 Å². The Balaban J connectivity index is 1.95. The topological polar surface area (TPSA) is 67.9 Å².